The van der Waals surface area contributed by atoms with E-state index in [9.17, 15) is 14.4 Å². The van der Waals surface area contributed by atoms with E-state index in [1.54, 1.807) is 6.92 Å². The standard InChI is InChI=1S/C5H14NO3P/c1-3-4(2)5(6)10(7,8)9/h4-5H,3,6H2,1-2H3,(H2,7,8,9)/p-1/t4-,5+/m0/s1. The van der Waals surface area contributed by atoms with Crippen LogP contribution in [0.25, 0.3) is 0 Å². The van der Waals surface area contributed by atoms with Gasteiger partial charge in [0.15, 0.2) is 0 Å². The Hall–Kier alpha value is 0.110. The summed E-state index contributed by atoms with van der Waals surface area (Å²) >= 11 is 0. The summed E-state index contributed by atoms with van der Waals surface area (Å²) in [5.41, 5.74) is 3.29. The highest BCUT2D eigenvalue weighted by molar-refractivity contribution is 7.49. The highest BCUT2D eigenvalue weighted by Gasteiger charge is 2.17. The van der Waals surface area contributed by atoms with E-state index in [-0.39, 0.29) is 5.92 Å². The first kappa shape index (κ1) is 10.1. The van der Waals surface area contributed by atoms with Gasteiger partial charge in [-0.1, -0.05) is 13.8 Å². The molecule has 2 atom stereocenters. The predicted octanol–water partition coefficient (Wildman–Crippen LogP) is -1.49. The van der Waals surface area contributed by atoms with Crippen LogP contribution in [-0.2, 0) is 4.57 Å². The van der Waals surface area contributed by atoms with Crippen molar-refractivity contribution in [3.05, 3.63) is 0 Å². The van der Waals surface area contributed by atoms with Gasteiger partial charge in [0.2, 0.25) is 0 Å². The van der Waals surface area contributed by atoms with Gasteiger partial charge in [0.25, 0.3) is 0 Å². The zero-order valence-corrected chi connectivity index (χ0v) is 7.14. The zero-order chi connectivity index (χ0) is 8.36. The molecule has 0 aromatic heterocycles. The van der Waals surface area contributed by atoms with Gasteiger partial charge in [0.1, 0.15) is 5.78 Å². The monoisotopic (exact) mass is 166 g/mol. The molecule has 10 heavy (non-hydrogen) atoms. The Balaban J connectivity index is 4.08. The van der Waals surface area contributed by atoms with Crippen molar-refractivity contribution in [2.45, 2.75) is 26.1 Å². The van der Waals surface area contributed by atoms with Gasteiger partial charge in [-0.2, -0.15) is 0 Å². The van der Waals surface area contributed by atoms with E-state index >= 15 is 0 Å². The van der Waals surface area contributed by atoms with Crippen molar-refractivity contribution in [2.75, 3.05) is 0 Å². The molecule has 0 aliphatic heterocycles. The summed E-state index contributed by atoms with van der Waals surface area (Å²) in [6.07, 6.45) is 0.669. The van der Waals surface area contributed by atoms with Crippen LogP contribution in [0.5, 0.6) is 0 Å². The van der Waals surface area contributed by atoms with E-state index in [1.165, 1.54) is 0 Å². The quantitative estimate of drug-likeness (QED) is 0.518. The third-order valence-corrected chi connectivity index (χ3v) is 3.03. The van der Waals surface area contributed by atoms with Gasteiger partial charge in [-0.25, -0.2) is 0 Å². The van der Waals surface area contributed by atoms with Gasteiger partial charge in [-0.05, 0) is 14.0 Å². The minimum absolute atomic E-state index is 0.138. The Kier molecular flexibility index (Phi) is 3.52. The Morgan fingerprint density at radius 2 is 2.00 bits per heavy atom. The van der Waals surface area contributed by atoms with Crippen LogP contribution in [0.3, 0.4) is 0 Å². The molecule has 0 fully saturated rings. The highest BCUT2D eigenvalue weighted by atomic mass is 31.2. The van der Waals surface area contributed by atoms with Crippen LogP contribution >= 0.6 is 7.60 Å². The van der Waals surface area contributed by atoms with Crippen LogP contribution in [0, 0.1) is 5.92 Å². The van der Waals surface area contributed by atoms with E-state index in [0.29, 0.717) is 6.42 Å². The molecule has 0 aliphatic rings. The molecule has 0 heterocycles. The molecule has 62 valence electrons. The summed E-state index contributed by atoms with van der Waals surface area (Å²) in [6.45, 7) is 3.54. The second kappa shape index (κ2) is 3.49. The van der Waals surface area contributed by atoms with Gasteiger partial charge >= 0.3 is 0 Å². The molecule has 0 unspecified atom stereocenters. The lowest BCUT2D eigenvalue weighted by atomic mass is 10.1. The average Bonchev–Trinajstić information content (AvgIpc) is 1.83. The summed E-state index contributed by atoms with van der Waals surface area (Å²) in [7, 11) is -4.44. The molecule has 0 aliphatic carbocycles. The van der Waals surface area contributed by atoms with E-state index < -0.39 is 13.4 Å². The Bertz CT molecular complexity index is 144. The van der Waals surface area contributed by atoms with E-state index in [4.69, 9.17) is 0 Å². The molecule has 0 rings (SSSR count). The number of rotatable bonds is 3. The molecule has 0 amide bonds. The van der Waals surface area contributed by atoms with Crippen molar-refractivity contribution in [3.8, 4) is 0 Å². The third kappa shape index (κ3) is 2.80. The minimum atomic E-state index is -4.44. The second-order valence-electron chi connectivity index (χ2n) is 2.49. The molecule has 0 saturated carbocycles. The minimum Gasteiger partial charge on any atom is -0.807 e. The normalized spacial score (nSPS) is 18.5. The van der Waals surface area contributed by atoms with Crippen molar-refractivity contribution >= 4 is 7.60 Å². The third-order valence-electron chi connectivity index (χ3n) is 1.71. The molecular weight excluding hydrogens is 153 g/mol. The molecular formula is C5H13NO3P-. The fourth-order valence-corrected chi connectivity index (χ4v) is 1.42. The molecule has 3 N–H and O–H groups in total. The molecule has 0 spiro atoms. The first-order valence-electron chi connectivity index (χ1n) is 3.24. The van der Waals surface area contributed by atoms with Crippen molar-refractivity contribution in [1.82, 2.24) is 0 Å². The maximum absolute atomic E-state index is 10.3. The van der Waals surface area contributed by atoms with Gasteiger partial charge in [-0.15, -0.1) is 0 Å². The van der Waals surface area contributed by atoms with E-state index in [0.717, 1.165) is 0 Å². The number of hydrogen-bond acceptors (Lipinski definition) is 3. The van der Waals surface area contributed by atoms with Crippen LogP contribution in [0.4, 0.5) is 0 Å². The van der Waals surface area contributed by atoms with Crippen molar-refractivity contribution < 1.29 is 20.1 Å². The van der Waals surface area contributed by atoms with Crippen molar-refractivity contribution in [2.24, 2.45) is 5.92 Å². The fraction of sp³-hybridized carbons (Fsp3) is 1.00. The van der Waals surface area contributed by atoms with Crippen molar-refractivity contribution in [3.63, 3.8) is 0 Å². The molecule has 0 bridgehead atoms. The average molecular weight is 166 g/mol. The Labute approximate surface area is 60.6 Å². The SMILES string of the molecule is CC[C@H](C)[C@H]([NH3+])P(=O)([O-])[O-]. The lowest BCUT2D eigenvalue weighted by molar-refractivity contribution is -0.439. The molecule has 0 radical (unpaired) electrons. The summed E-state index contributed by atoms with van der Waals surface area (Å²) in [6, 6.07) is 0. The molecule has 0 saturated heterocycles. The predicted molar refractivity (Wildman–Crippen MR) is 33.7 cm³/mol. The maximum Gasteiger partial charge on any atom is 0.112 e. The molecule has 0 aromatic carbocycles. The largest absolute Gasteiger partial charge is 0.807 e. The highest BCUT2D eigenvalue weighted by Crippen LogP contribution is 2.31. The zero-order valence-electron chi connectivity index (χ0n) is 6.24. The lowest BCUT2D eigenvalue weighted by Crippen LogP contribution is -2.66. The summed E-state index contributed by atoms with van der Waals surface area (Å²) < 4.78 is 10.3. The van der Waals surface area contributed by atoms with E-state index in [2.05, 4.69) is 5.73 Å². The number of quaternary nitrogens is 1. The summed E-state index contributed by atoms with van der Waals surface area (Å²) in [5.74, 6) is -1.11. The van der Waals surface area contributed by atoms with Gasteiger partial charge in [0, 0.05) is 5.92 Å². The van der Waals surface area contributed by atoms with Crippen LogP contribution in [-0.4, -0.2) is 5.78 Å². The van der Waals surface area contributed by atoms with Gasteiger partial charge < -0.3 is 20.1 Å². The van der Waals surface area contributed by atoms with E-state index in [1.807, 2.05) is 6.92 Å². The van der Waals surface area contributed by atoms with Gasteiger partial charge in [0.05, 0.1) is 0 Å². The smallest absolute Gasteiger partial charge is 0.112 e. The maximum atomic E-state index is 10.3. The summed E-state index contributed by atoms with van der Waals surface area (Å²) in [4.78, 5) is 20.7. The topological polar surface area (TPSA) is 90.8 Å². The Morgan fingerprint density at radius 3 is 2.10 bits per heavy atom. The molecule has 4 nitrogen and oxygen atoms in total. The second-order valence-corrected chi connectivity index (χ2v) is 4.24. The molecule has 5 heteroatoms. The lowest BCUT2D eigenvalue weighted by Gasteiger charge is -2.35. The Morgan fingerprint density at radius 1 is 1.60 bits per heavy atom. The molecule has 0 aromatic rings. The van der Waals surface area contributed by atoms with Crippen molar-refractivity contribution in [1.29, 1.82) is 0 Å². The summed E-state index contributed by atoms with van der Waals surface area (Å²) in [5, 5.41) is 0. The van der Waals surface area contributed by atoms with Gasteiger partial charge in [-0.3, -0.25) is 0 Å². The first-order valence-corrected chi connectivity index (χ1v) is 4.85. The van der Waals surface area contributed by atoms with Crippen LogP contribution in [0.15, 0.2) is 0 Å². The van der Waals surface area contributed by atoms with Crippen LogP contribution in [0.2, 0.25) is 0 Å². The van der Waals surface area contributed by atoms with Crippen LogP contribution in [0.1, 0.15) is 20.3 Å². The first-order chi connectivity index (χ1) is 4.39. The number of hydrogen-bond donors (Lipinski definition) is 1. The van der Waals surface area contributed by atoms with Crippen LogP contribution < -0.4 is 15.5 Å². The fourth-order valence-electron chi connectivity index (χ4n) is 0.584.